The highest BCUT2D eigenvalue weighted by Gasteiger charge is 2.22. The highest BCUT2D eigenvalue weighted by Crippen LogP contribution is 2.29. The lowest BCUT2D eigenvalue weighted by Crippen LogP contribution is -2.25. The second-order valence-corrected chi connectivity index (χ2v) is 4.69. The Kier molecular flexibility index (Phi) is 2.73. The molecule has 1 atom stereocenters. The molecule has 2 aromatic rings. The van der Waals surface area contributed by atoms with Crippen LogP contribution in [0, 0.1) is 0 Å². The van der Waals surface area contributed by atoms with Gasteiger partial charge in [0, 0.05) is 42.8 Å². The number of fused-ring (bicyclic) bond motifs is 1. The van der Waals surface area contributed by atoms with Crippen molar-refractivity contribution in [1.82, 2.24) is 20.1 Å². The molecular weight excluding hydrogens is 212 g/mol. The Balaban J connectivity index is 1.72. The first-order chi connectivity index (χ1) is 8.34. The van der Waals surface area contributed by atoms with Gasteiger partial charge in [-0.25, -0.2) is 0 Å². The molecule has 4 nitrogen and oxygen atoms in total. The second kappa shape index (κ2) is 4.37. The highest BCUT2D eigenvalue weighted by atomic mass is 15.3. The van der Waals surface area contributed by atoms with Crippen LogP contribution in [0.5, 0.6) is 0 Å². The molecule has 0 bridgehead atoms. The zero-order valence-corrected chi connectivity index (χ0v) is 10.1. The van der Waals surface area contributed by atoms with E-state index in [0.29, 0.717) is 6.04 Å². The fourth-order valence-electron chi connectivity index (χ4n) is 2.63. The van der Waals surface area contributed by atoms with Gasteiger partial charge in [-0.15, -0.1) is 0 Å². The molecule has 1 aliphatic rings. The Labute approximate surface area is 101 Å². The molecule has 3 rings (SSSR count). The van der Waals surface area contributed by atoms with Gasteiger partial charge in [-0.05, 0) is 31.4 Å². The normalized spacial score (nSPS) is 19.2. The van der Waals surface area contributed by atoms with E-state index in [1.165, 1.54) is 29.8 Å². The summed E-state index contributed by atoms with van der Waals surface area (Å²) < 4.78 is 2.01. The lowest BCUT2D eigenvalue weighted by atomic mass is 9.93. The van der Waals surface area contributed by atoms with Crippen molar-refractivity contribution in [3.8, 4) is 0 Å². The first-order valence-corrected chi connectivity index (χ1v) is 6.21. The van der Waals surface area contributed by atoms with Crippen LogP contribution in [0.25, 0.3) is 0 Å². The number of hydrogen-bond acceptors (Lipinski definition) is 2. The van der Waals surface area contributed by atoms with Gasteiger partial charge in [-0.1, -0.05) is 0 Å². The SMILES string of the molecule is Cn1ncc2c1CCCC2NCc1ccc[nH]1. The summed E-state index contributed by atoms with van der Waals surface area (Å²) in [6, 6.07) is 4.60. The Morgan fingerprint density at radius 3 is 3.35 bits per heavy atom. The van der Waals surface area contributed by atoms with Crippen molar-refractivity contribution in [3.63, 3.8) is 0 Å². The van der Waals surface area contributed by atoms with Crippen LogP contribution in [0.2, 0.25) is 0 Å². The molecule has 0 spiro atoms. The van der Waals surface area contributed by atoms with Crippen molar-refractivity contribution < 1.29 is 0 Å². The monoisotopic (exact) mass is 230 g/mol. The van der Waals surface area contributed by atoms with E-state index in [0.717, 1.165) is 13.0 Å². The first-order valence-electron chi connectivity index (χ1n) is 6.21. The lowest BCUT2D eigenvalue weighted by molar-refractivity contribution is 0.450. The maximum atomic E-state index is 4.36. The minimum Gasteiger partial charge on any atom is -0.364 e. The summed E-state index contributed by atoms with van der Waals surface area (Å²) in [5.74, 6) is 0. The molecule has 2 aromatic heterocycles. The van der Waals surface area contributed by atoms with E-state index in [-0.39, 0.29) is 0 Å². The molecule has 0 fully saturated rings. The van der Waals surface area contributed by atoms with Gasteiger partial charge in [0.25, 0.3) is 0 Å². The van der Waals surface area contributed by atoms with Crippen LogP contribution in [0.3, 0.4) is 0 Å². The van der Waals surface area contributed by atoms with Gasteiger partial charge in [0.1, 0.15) is 0 Å². The Hall–Kier alpha value is -1.55. The zero-order valence-electron chi connectivity index (χ0n) is 10.1. The van der Waals surface area contributed by atoms with Gasteiger partial charge in [0.2, 0.25) is 0 Å². The van der Waals surface area contributed by atoms with E-state index in [1.54, 1.807) is 0 Å². The summed E-state index contributed by atoms with van der Waals surface area (Å²) in [5.41, 5.74) is 4.01. The van der Waals surface area contributed by atoms with Crippen LogP contribution < -0.4 is 5.32 Å². The quantitative estimate of drug-likeness (QED) is 0.846. The Bertz CT molecular complexity index is 483. The van der Waals surface area contributed by atoms with Gasteiger partial charge < -0.3 is 10.3 Å². The summed E-state index contributed by atoms with van der Waals surface area (Å²) >= 11 is 0. The molecule has 2 N–H and O–H groups in total. The third-order valence-corrected chi connectivity index (χ3v) is 3.58. The lowest BCUT2D eigenvalue weighted by Gasteiger charge is -2.23. The predicted octanol–water partition coefficient (Wildman–Crippen LogP) is 1.92. The van der Waals surface area contributed by atoms with E-state index < -0.39 is 0 Å². The average Bonchev–Trinajstić information content (AvgIpc) is 2.97. The molecule has 2 heterocycles. The molecule has 1 unspecified atom stereocenters. The van der Waals surface area contributed by atoms with Crippen molar-refractivity contribution >= 4 is 0 Å². The highest BCUT2D eigenvalue weighted by molar-refractivity contribution is 5.24. The van der Waals surface area contributed by atoms with Crippen molar-refractivity contribution in [2.75, 3.05) is 0 Å². The Morgan fingerprint density at radius 2 is 2.53 bits per heavy atom. The number of H-pyrrole nitrogens is 1. The number of hydrogen-bond donors (Lipinski definition) is 2. The molecule has 0 aromatic carbocycles. The van der Waals surface area contributed by atoms with E-state index >= 15 is 0 Å². The average molecular weight is 230 g/mol. The minimum atomic E-state index is 0.454. The summed E-state index contributed by atoms with van der Waals surface area (Å²) in [7, 11) is 2.03. The largest absolute Gasteiger partial charge is 0.364 e. The number of nitrogens with one attached hydrogen (secondary N) is 2. The molecule has 17 heavy (non-hydrogen) atoms. The van der Waals surface area contributed by atoms with Gasteiger partial charge in [-0.3, -0.25) is 4.68 Å². The first kappa shape index (κ1) is 10.6. The second-order valence-electron chi connectivity index (χ2n) is 4.69. The topological polar surface area (TPSA) is 45.6 Å². The van der Waals surface area contributed by atoms with Crippen molar-refractivity contribution in [1.29, 1.82) is 0 Å². The number of rotatable bonds is 3. The molecular formula is C13H18N4. The Morgan fingerprint density at radius 1 is 1.59 bits per heavy atom. The van der Waals surface area contributed by atoms with Crippen molar-refractivity contribution in [2.45, 2.75) is 31.8 Å². The van der Waals surface area contributed by atoms with E-state index in [1.807, 2.05) is 30.2 Å². The summed E-state index contributed by atoms with van der Waals surface area (Å²) in [6.07, 6.45) is 7.59. The maximum Gasteiger partial charge on any atom is 0.0540 e. The van der Waals surface area contributed by atoms with Gasteiger partial charge in [0.05, 0.1) is 6.20 Å². The molecule has 0 saturated heterocycles. The fraction of sp³-hybridized carbons (Fsp3) is 0.462. The minimum absolute atomic E-state index is 0.454. The molecule has 0 saturated carbocycles. The number of aryl methyl sites for hydroxylation is 1. The number of aromatic nitrogens is 3. The number of aromatic amines is 1. The summed E-state index contributed by atoms with van der Waals surface area (Å²) in [6.45, 7) is 0.895. The van der Waals surface area contributed by atoms with Crippen LogP contribution in [0.4, 0.5) is 0 Å². The van der Waals surface area contributed by atoms with Crippen molar-refractivity contribution in [3.05, 3.63) is 41.5 Å². The van der Waals surface area contributed by atoms with Crippen LogP contribution in [-0.2, 0) is 20.0 Å². The summed E-state index contributed by atoms with van der Waals surface area (Å²) in [4.78, 5) is 3.22. The van der Waals surface area contributed by atoms with Crippen LogP contribution in [0.15, 0.2) is 24.5 Å². The molecule has 1 aliphatic carbocycles. The maximum absolute atomic E-state index is 4.36. The van der Waals surface area contributed by atoms with Crippen LogP contribution >= 0.6 is 0 Å². The van der Waals surface area contributed by atoms with Crippen LogP contribution in [-0.4, -0.2) is 14.8 Å². The van der Waals surface area contributed by atoms with Gasteiger partial charge in [-0.2, -0.15) is 5.10 Å². The molecule has 0 radical (unpaired) electrons. The third kappa shape index (κ3) is 2.00. The van der Waals surface area contributed by atoms with Gasteiger partial charge in [0.15, 0.2) is 0 Å². The van der Waals surface area contributed by atoms with Crippen molar-refractivity contribution in [2.24, 2.45) is 7.05 Å². The third-order valence-electron chi connectivity index (χ3n) is 3.58. The van der Waals surface area contributed by atoms with E-state index in [2.05, 4.69) is 21.5 Å². The number of nitrogens with zero attached hydrogens (tertiary/aromatic N) is 2. The molecule has 0 amide bonds. The van der Waals surface area contributed by atoms with E-state index in [4.69, 9.17) is 0 Å². The predicted molar refractivity (Wildman–Crippen MR) is 66.5 cm³/mol. The smallest absolute Gasteiger partial charge is 0.0540 e. The fourth-order valence-corrected chi connectivity index (χ4v) is 2.63. The molecule has 90 valence electrons. The zero-order chi connectivity index (χ0) is 11.7. The molecule has 0 aliphatic heterocycles. The van der Waals surface area contributed by atoms with Crippen LogP contribution in [0.1, 0.15) is 35.8 Å². The standard InChI is InChI=1S/C13H18N4/c1-17-13-6-2-5-12(11(13)9-16-17)15-8-10-4-3-7-14-10/h3-4,7,9,12,14-15H,2,5-6,8H2,1H3. The molecule has 4 heteroatoms. The van der Waals surface area contributed by atoms with E-state index in [9.17, 15) is 0 Å². The van der Waals surface area contributed by atoms with Gasteiger partial charge >= 0.3 is 0 Å². The summed E-state index contributed by atoms with van der Waals surface area (Å²) in [5, 5.41) is 7.97.